The summed E-state index contributed by atoms with van der Waals surface area (Å²) in [7, 11) is 0.295. The first-order chi connectivity index (χ1) is 5.24. The summed E-state index contributed by atoms with van der Waals surface area (Å²) in [5, 5.41) is 0. The van der Waals surface area contributed by atoms with E-state index in [2.05, 4.69) is 12.5 Å². The number of hydrogen-bond donors (Lipinski definition) is 0. The maximum atomic E-state index is 10.3. The van der Waals surface area contributed by atoms with Gasteiger partial charge in [0.25, 0.3) is 0 Å². The Morgan fingerprint density at radius 1 is 1.18 bits per heavy atom. The molecule has 0 aromatic heterocycles. The summed E-state index contributed by atoms with van der Waals surface area (Å²) in [5.74, 6) is 0. The van der Waals surface area contributed by atoms with Crippen LogP contribution in [0.3, 0.4) is 0 Å². The van der Waals surface area contributed by atoms with Crippen LogP contribution in [0.15, 0.2) is 29.2 Å². The van der Waals surface area contributed by atoms with Gasteiger partial charge >= 0.3 is 0 Å². The molecule has 0 unspecified atom stereocenters. The summed E-state index contributed by atoms with van der Waals surface area (Å²) in [6, 6.07) is 7.73. The van der Waals surface area contributed by atoms with E-state index in [4.69, 9.17) is 0 Å². The van der Waals surface area contributed by atoms with Gasteiger partial charge in [-0.1, -0.05) is 0 Å². The largest absolute Gasteiger partial charge is 0.298 e. The number of rotatable bonds is 2. The molecule has 1 nitrogen and oxygen atoms in total. The van der Waals surface area contributed by atoms with Gasteiger partial charge in [-0.2, -0.15) is 0 Å². The molecule has 0 spiro atoms. The number of carbonyl (C=O) groups excluding carboxylic acids is 1. The Morgan fingerprint density at radius 2 is 1.73 bits per heavy atom. The maximum absolute atomic E-state index is 10.3. The monoisotopic (exact) mass is 167 g/mol. The highest BCUT2D eigenvalue weighted by atomic mass is 32.2. The second kappa shape index (κ2) is 3.58. The van der Waals surface area contributed by atoms with Crippen LogP contribution >= 0.6 is 0 Å². The first kappa shape index (κ1) is 8.34. The van der Waals surface area contributed by atoms with Crippen LogP contribution in [-0.2, 0) is 10.9 Å². The van der Waals surface area contributed by atoms with Gasteiger partial charge in [-0.25, -0.2) is 0 Å². The molecule has 2 heteroatoms. The topological polar surface area (TPSA) is 17.1 Å². The molecule has 0 atom stereocenters. The molecule has 58 valence electrons. The first-order valence-electron chi connectivity index (χ1n) is 3.37. The van der Waals surface area contributed by atoms with E-state index in [0.29, 0.717) is 10.9 Å². The van der Waals surface area contributed by atoms with E-state index in [0.717, 1.165) is 11.8 Å². The van der Waals surface area contributed by atoms with E-state index in [1.807, 2.05) is 24.3 Å². The molecular formula is C9H11OS+. The van der Waals surface area contributed by atoms with E-state index in [1.165, 1.54) is 4.90 Å². The minimum absolute atomic E-state index is 0.295. The lowest BCUT2D eigenvalue weighted by Gasteiger charge is -1.94. The van der Waals surface area contributed by atoms with Crippen LogP contribution < -0.4 is 0 Å². The molecule has 0 N–H and O–H groups in total. The Kier molecular flexibility index (Phi) is 2.71. The third kappa shape index (κ3) is 2.09. The van der Waals surface area contributed by atoms with Gasteiger partial charge in [-0.05, 0) is 24.3 Å². The summed E-state index contributed by atoms with van der Waals surface area (Å²) in [4.78, 5) is 11.6. The van der Waals surface area contributed by atoms with Crippen molar-refractivity contribution in [3.63, 3.8) is 0 Å². The van der Waals surface area contributed by atoms with Crippen LogP contribution in [-0.4, -0.2) is 18.8 Å². The van der Waals surface area contributed by atoms with Crippen LogP contribution in [0.2, 0.25) is 0 Å². The van der Waals surface area contributed by atoms with Crippen molar-refractivity contribution in [3.05, 3.63) is 29.8 Å². The van der Waals surface area contributed by atoms with Gasteiger partial charge in [0, 0.05) is 16.5 Å². The zero-order valence-electron chi connectivity index (χ0n) is 6.70. The average Bonchev–Trinajstić information content (AvgIpc) is 2.05. The van der Waals surface area contributed by atoms with Crippen LogP contribution in [0.4, 0.5) is 0 Å². The number of carbonyl (C=O) groups is 1. The molecule has 1 aromatic rings. The number of benzene rings is 1. The smallest absolute Gasteiger partial charge is 0.154 e. The number of aldehydes is 1. The minimum atomic E-state index is 0.295. The Hall–Kier alpha value is -0.760. The highest BCUT2D eigenvalue weighted by Gasteiger charge is 2.05. The molecule has 0 fully saturated rings. The highest BCUT2D eigenvalue weighted by molar-refractivity contribution is 7.95. The summed E-state index contributed by atoms with van der Waals surface area (Å²) >= 11 is 0. The Balaban J connectivity index is 2.91. The molecule has 1 aromatic carbocycles. The van der Waals surface area contributed by atoms with Gasteiger partial charge in [-0.15, -0.1) is 0 Å². The predicted molar refractivity (Wildman–Crippen MR) is 49.3 cm³/mol. The summed E-state index contributed by atoms with van der Waals surface area (Å²) < 4.78 is 0. The van der Waals surface area contributed by atoms with Crippen molar-refractivity contribution < 1.29 is 4.79 Å². The molecule has 0 aliphatic heterocycles. The zero-order valence-corrected chi connectivity index (χ0v) is 7.52. The van der Waals surface area contributed by atoms with Crippen molar-refractivity contribution in [3.8, 4) is 0 Å². The van der Waals surface area contributed by atoms with Gasteiger partial charge in [0.1, 0.15) is 18.8 Å². The molecular weight excluding hydrogens is 156 g/mol. The molecule has 0 saturated carbocycles. The van der Waals surface area contributed by atoms with Gasteiger partial charge in [0.15, 0.2) is 4.90 Å². The van der Waals surface area contributed by atoms with Crippen molar-refractivity contribution >= 4 is 17.2 Å². The lowest BCUT2D eigenvalue weighted by atomic mass is 10.2. The Bertz CT molecular complexity index is 238. The van der Waals surface area contributed by atoms with Crippen molar-refractivity contribution in [2.75, 3.05) is 12.5 Å². The normalized spacial score (nSPS) is 10.1. The third-order valence-electron chi connectivity index (χ3n) is 1.49. The molecule has 0 saturated heterocycles. The SMILES string of the molecule is C[S+](C)c1ccc(C=O)cc1. The van der Waals surface area contributed by atoms with Crippen LogP contribution in [0.1, 0.15) is 10.4 Å². The quantitative estimate of drug-likeness (QED) is 0.484. The first-order valence-corrected chi connectivity index (χ1v) is 5.41. The third-order valence-corrected chi connectivity index (χ3v) is 2.70. The Morgan fingerprint density at radius 3 is 2.09 bits per heavy atom. The molecule has 1 rings (SSSR count). The maximum Gasteiger partial charge on any atom is 0.154 e. The van der Waals surface area contributed by atoms with Crippen LogP contribution in [0.5, 0.6) is 0 Å². The van der Waals surface area contributed by atoms with E-state index < -0.39 is 0 Å². The minimum Gasteiger partial charge on any atom is -0.298 e. The molecule has 0 heterocycles. The lowest BCUT2D eigenvalue weighted by molar-refractivity contribution is 0.112. The van der Waals surface area contributed by atoms with Gasteiger partial charge in [0.2, 0.25) is 0 Å². The molecule has 0 amide bonds. The molecule has 0 aliphatic rings. The van der Waals surface area contributed by atoms with E-state index in [9.17, 15) is 4.79 Å². The summed E-state index contributed by atoms with van der Waals surface area (Å²) in [5.41, 5.74) is 0.749. The molecule has 0 aliphatic carbocycles. The second-order valence-corrected chi connectivity index (χ2v) is 4.61. The summed E-state index contributed by atoms with van der Waals surface area (Å²) in [6.45, 7) is 0. The fourth-order valence-electron chi connectivity index (χ4n) is 0.819. The molecule has 11 heavy (non-hydrogen) atoms. The van der Waals surface area contributed by atoms with Crippen molar-refractivity contribution in [2.45, 2.75) is 4.90 Å². The molecule has 0 bridgehead atoms. The van der Waals surface area contributed by atoms with Gasteiger partial charge < -0.3 is 0 Å². The van der Waals surface area contributed by atoms with E-state index >= 15 is 0 Å². The predicted octanol–water partition coefficient (Wildman–Crippen LogP) is 1.74. The Labute approximate surface area is 69.8 Å². The van der Waals surface area contributed by atoms with Crippen molar-refractivity contribution in [2.24, 2.45) is 0 Å². The zero-order chi connectivity index (χ0) is 8.27. The standard InChI is InChI=1S/C9H11OS/c1-11(2)9-5-3-8(7-10)4-6-9/h3-7H,1-2H3/q+1. The fourth-order valence-corrected chi connectivity index (χ4v) is 1.50. The van der Waals surface area contributed by atoms with E-state index in [-0.39, 0.29) is 0 Å². The van der Waals surface area contributed by atoms with Crippen LogP contribution in [0, 0.1) is 0 Å². The van der Waals surface area contributed by atoms with Crippen LogP contribution in [0.25, 0.3) is 0 Å². The van der Waals surface area contributed by atoms with Crippen molar-refractivity contribution in [1.82, 2.24) is 0 Å². The molecule has 0 radical (unpaired) electrons. The van der Waals surface area contributed by atoms with Gasteiger partial charge in [-0.3, -0.25) is 4.79 Å². The number of hydrogen-bond acceptors (Lipinski definition) is 1. The van der Waals surface area contributed by atoms with E-state index in [1.54, 1.807) is 0 Å². The van der Waals surface area contributed by atoms with Gasteiger partial charge in [0.05, 0.1) is 0 Å². The lowest BCUT2D eigenvalue weighted by Crippen LogP contribution is -1.94. The summed E-state index contributed by atoms with van der Waals surface area (Å²) in [6.07, 6.45) is 5.19. The highest BCUT2D eigenvalue weighted by Crippen LogP contribution is 2.08. The average molecular weight is 167 g/mol. The fraction of sp³-hybridized carbons (Fsp3) is 0.222. The second-order valence-electron chi connectivity index (χ2n) is 2.50. The van der Waals surface area contributed by atoms with Crippen molar-refractivity contribution in [1.29, 1.82) is 0 Å².